The maximum Gasteiger partial charge on any atom is 0.312 e. The van der Waals surface area contributed by atoms with Gasteiger partial charge in [0.15, 0.2) is 0 Å². The second kappa shape index (κ2) is 9.50. The van der Waals surface area contributed by atoms with E-state index < -0.39 is 0 Å². The molecule has 0 amide bonds. The van der Waals surface area contributed by atoms with Crippen molar-refractivity contribution in [1.82, 2.24) is 16.1 Å². The molecule has 5 heteroatoms. The molecule has 1 heterocycles. The van der Waals surface area contributed by atoms with Gasteiger partial charge in [-0.05, 0) is 50.6 Å². The molecule has 0 aliphatic carbocycles. The normalized spacial score (nSPS) is 20.6. The molecule has 5 nitrogen and oxygen atoms in total. The minimum absolute atomic E-state index is 0.319. The maximum absolute atomic E-state index is 9.12. The molecule has 3 N–H and O–H groups in total. The zero-order valence-corrected chi connectivity index (χ0v) is 13.4. The van der Waals surface area contributed by atoms with Gasteiger partial charge in [0.1, 0.15) is 0 Å². The Balaban J connectivity index is 0.000000383. The number of likely N-dealkylation sites (N-methyl/N-ethyl adjacent to an activating group) is 1. The van der Waals surface area contributed by atoms with Crippen molar-refractivity contribution < 1.29 is 9.63 Å². The number of carbonyl (C=O) groups is 1. The van der Waals surface area contributed by atoms with Gasteiger partial charge in [-0.1, -0.05) is 18.2 Å². The quantitative estimate of drug-likeness (QED) is 0.563. The largest absolute Gasteiger partial charge is 0.374 e. The van der Waals surface area contributed by atoms with Crippen molar-refractivity contribution in [2.45, 2.75) is 32.2 Å². The molecule has 0 bridgehead atoms. The Morgan fingerprint density at radius 3 is 2.62 bits per heavy atom. The zero-order chi connectivity index (χ0) is 15.7. The smallest absolute Gasteiger partial charge is 0.312 e. The summed E-state index contributed by atoms with van der Waals surface area (Å²) < 4.78 is 0. The first kappa shape index (κ1) is 17.6. The van der Waals surface area contributed by atoms with Gasteiger partial charge >= 0.3 is 6.47 Å². The average molecular weight is 293 g/mol. The molecule has 1 saturated heterocycles. The van der Waals surface area contributed by atoms with Crippen LogP contribution in [0.4, 0.5) is 0 Å². The van der Waals surface area contributed by atoms with Gasteiger partial charge in [-0.3, -0.25) is 4.79 Å². The molecule has 1 fully saturated rings. The van der Waals surface area contributed by atoms with E-state index in [1.54, 1.807) is 0 Å². The van der Waals surface area contributed by atoms with Crippen LogP contribution in [0.15, 0.2) is 18.2 Å². The minimum Gasteiger partial charge on any atom is -0.374 e. The third kappa shape index (κ3) is 5.46. The average Bonchev–Trinajstić information content (AvgIpc) is 2.92. The topological polar surface area (TPSA) is 62.4 Å². The molecule has 1 unspecified atom stereocenters. The number of nitrogens with one attached hydrogen (secondary N) is 3. The molecule has 118 valence electrons. The summed E-state index contributed by atoms with van der Waals surface area (Å²) in [5.41, 5.74) is 6.44. The molecular weight excluding hydrogens is 266 g/mol. The van der Waals surface area contributed by atoms with Gasteiger partial charge in [-0.15, -0.1) is 0 Å². The van der Waals surface area contributed by atoms with E-state index in [4.69, 9.17) is 4.79 Å². The molecule has 0 aromatic heterocycles. The van der Waals surface area contributed by atoms with Crippen LogP contribution in [-0.2, 0) is 9.63 Å². The molecular formula is C16H27N3O2. The van der Waals surface area contributed by atoms with Crippen LogP contribution >= 0.6 is 0 Å². The van der Waals surface area contributed by atoms with Crippen molar-refractivity contribution in [2.75, 3.05) is 27.2 Å². The summed E-state index contributed by atoms with van der Waals surface area (Å²) in [6.07, 6.45) is 1.26. The Morgan fingerprint density at radius 1 is 1.33 bits per heavy atom. The summed E-state index contributed by atoms with van der Waals surface area (Å²) in [5.74, 6) is 0.673. The van der Waals surface area contributed by atoms with E-state index in [1.807, 2.05) is 7.05 Å². The van der Waals surface area contributed by atoms with E-state index in [0.717, 1.165) is 13.1 Å². The lowest BCUT2D eigenvalue weighted by molar-refractivity contribution is -0.134. The summed E-state index contributed by atoms with van der Waals surface area (Å²) in [7, 11) is 3.53. The van der Waals surface area contributed by atoms with Gasteiger partial charge in [0, 0.05) is 25.6 Å². The number of rotatable bonds is 5. The highest BCUT2D eigenvalue weighted by atomic mass is 16.7. The molecule has 21 heavy (non-hydrogen) atoms. The van der Waals surface area contributed by atoms with Crippen molar-refractivity contribution in [3.8, 4) is 0 Å². The van der Waals surface area contributed by atoms with Gasteiger partial charge in [0.05, 0.1) is 0 Å². The highest BCUT2D eigenvalue weighted by molar-refractivity contribution is 5.36. The Kier molecular flexibility index (Phi) is 7.97. The monoisotopic (exact) mass is 293 g/mol. The summed E-state index contributed by atoms with van der Waals surface area (Å²) in [6.45, 7) is 6.90. The van der Waals surface area contributed by atoms with Crippen molar-refractivity contribution in [3.63, 3.8) is 0 Å². The van der Waals surface area contributed by atoms with Crippen LogP contribution in [0.25, 0.3) is 0 Å². The lowest BCUT2D eigenvalue weighted by atomic mass is 9.90. The Bertz CT molecular complexity index is 438. The van der Waals surface area contributed by atoms with Crippen molar-refractivity contribution >= 4 is 6.47 Å². The SMILES string of the molecule is CNCC1NCC[C@@H]1c1ccc(C)c(C)c1.CNOC=O. The molecule has 1 aromatic rings. The first-order chi connectivity index (χ1) is 10.1. The fourth-order valence-electron chi connectivity index (χ4n) is 2.64. The second-order valence-corrected chi connectivity index (χ2v) is 5.28. The highest BCUT2D eigenvalue weighted by Gasteiger charge is 2.27. The Morgan fingerprint density at radius 2 is 2.10 bits per heavy atom. The molecule has 0 radical (unpaired) electrons. The number of benzene rings is 1. The Labute approximate surface area is 127 Å². The van der Waals surface area contributed by atoms with Crippen molar-refractivity contribution in [1.29, 1.82) is 0 Å². The molecule has 0 spiro atoms. The van der Waals surface area contributed by atoms with Crippen LogP contribution < -0.4 is 16.1 Å². The van der Waals surface area contributed by atoms with Crippen LogP contribution in [0, 0.1) is 13.8 Å². The van der Waals surface area contributed by atoms with Crippen LogP contribution in [0.3, 0.4) is 0 Å². The lowest BCUT2D eigenvalue weighted by Crippen LogP contribution is -2.35. The standard InChI is InChI=1S/C14H22N2.C2H5NO2/c1-10-4-5-12(8-11(10)2)13-6-7-16-14(13)9-15-3;1-3-5-2-4/h4-5,8,13-16H,6-7,9H2,1-3H3;2-3H,1H3/t13-,14?;/m1./s1. The van der Waals surface area contributed by atoms with Gasteiger partial charge in [-0.2, -0.15) is 5.48 Å². The van der Waals surface area contributed by atoms with E-state index in [0.29, 0.717) is 18.4 Å². The molecule has 2 rings (SSSR count). The van der Waals surface area contributed by atoms with E-state index in [1.165, 1.54) is 30.2 Å². The third-order valence-corrected chi connectivity index (χ3v) is 3.90. The minimum atomic E-state index is 0.319. The predicted octanol–water partition coefficient (Wildman–Crippen LogP) is 1.26. The molecule has 1 aliphatic rings. The summed E-state index contributed by atoms with van der Waals surface area (Å²) in [5, 5.41) is 6.85. The van der Waals surface area contributed by atoms with Crippen LogP contribution in [0.2, 0.25) is 0 Å². The summed E-state index contributed by atoms with van der Waals surface area (Å²) in [6, 6.07) is 7.49. The number of aryl methyl sites for hydroxylation is 2. The number of hydrogen-bond acceptors (Lipinski definition) is 5. The maximum atomic E-state index is 9.12. The Hall–Kier alpha value is -1.43. The van der Waals surface area contributed by atoms with E-state index in [2.05, 4.69) is 53.0 Å². The van der Waals surface area contributed by atoms with Crippen LogP contribution in [0.5, 0.6) is 0 Å². The molecule has 0 saturated carbocycles. The summed E-state index contributed by atoms with van der Waals surface area (Å²) >= 11 is 0. The number of hydrogen-bond donors (Lipinski definition) is 3. The fourth-order valence-corrected chi connectivity index (χ4v) is 2.64. The first-order valence-electron chi connectivity index (χ1n) is 7.35. The van der Waals surface area contributed by atoms with Gasteiger partial charge < -0.3 is 15.5 Å². The highest BCUT2D eigenvalue weighted by Crippen LogP contribution is 2.28. The van der Waals surface area contributed by atoms with E-state index >= 15 is 0 Å². The predicted molar refractivity (Wildman–Crippen MR) is 85.2 cm³/mol. The second-order valence-electron chi connectivity index (χ2n) is 5.28. The molecule has 1 aromatic carbocycles. The number of hydroxylamine groups is 1. The zero-order valence-electron chi connectivity index (χ0n) is 13.4. The number of carbonyl (C=O) groups excluding carboxylic acids is 1. The lowest BCUT2D eigenvalue weighted by Gasteiger charge is -2.20. The van der Waals surface area contributed by atoms with Gasteiger partial charge in [0.2, 0.25) is 0 Å². The fraction of sp³-hybridized carbons (Fsp3) is 0.562. The van der Waals surface area contributed by atoms with Crippen LogP contribution in [-0.4, -0.2) is 39.7 Å². The van der Waals surface area contributed by atoms with E-state index in [-0.39, 0.29) is 0 Å². The molecule has 2 atom stereocenters. The summed E-state index contributed by atoms with van der Waals surface area (Å²) in [4.78, 5) is 13.0. The van der Waals surface area contributed by atoms with Crippen molar-refractivity contribution in [3.05, 3.63) is 34.9 Å². The molecule has 1 aliphatic heterocycles. The van der Waals surface area contributed by atoms with E-state index in [9.17, 15) is 0 Å². The third-order valence-electron chi connectivity index (χ3n) is 3.90. The van der Waals surface area contributed by atoms with Crippen LogP contribution in [0.1, 0.15) is 29.0 Å². The van der Waals surface area contributed by atoms with Gasteiger partial charge in [0.25, 0.3) is 0 Å². The first-order valence-corrected chi connectivity index (χ1v) is 7.35. The van der Waals surface area contributed by atoms with Crippen molar-refractivity contribution in [2.24, 2.45) is 0 Å². The van der Waals surface area contributed by atoms with Gasteiger partial charge in [-0.25, -0.2) is 0 Å².